The number of carboxylic acids is 1. The summed E-state index contributed by atoms with van der Waals surface area (Å²) >= 11 is 3.53. The van der Waals surface area contributed by atoms with Crippen LogP contribution in [-0.2, 0) is 13.1 Å². The van der Waals surface area contributed by atoms with E-state index >= 15 is 0 Å². The van der Waals surface area contributed by atoms with E-state index in [-0.39, 0.29) is 5.69 Å². The SMILES string of the molecule is CN(Cc1ccnc(C(=O)O)c1)Cc1ccccc1Br. The number of aromatic nitrogens is 1. The lowest BCUT2D eigenvalue weighted by atomic mass is 10.2. The van der Waals surface area contributed by atoms with E-state index in [1.54, 1.807) is 6.07 Å². The Balaban J connectivity index is 2.05. The van der Waals surface area contributed by atoms with E-state index in [1.165, 1.54) is 11.8 Å². The highest BCUT2D eigenvalue weighted by atomic mass is 79.9. The molecule has 5 heteroatoms. The molecule has 0 bridgehead atoms. The highest BCUT2D eigenvalue weighted by Gasteiger charge is 2.08. The van der Waals surface area contributed by atoms with Crippen LogP contribution in [0.25, 0.3) is 0 Å². The van der Waals surface area contributed by atoms with E-state index in [2.05, 4.69) is 31.9 Å². The van der Waals surface area contributed by atoms with Crippen molar-refractivity contribution < 1.29 is 9.90 Å². The van der Waals surface area contributed by atoms with Crippen LogP contribution in [0.15, 0.2) is 47.1 Å². The molecule has 0 fully saturated rings. The molecule has 0 radical (unpaired) electrons. The second kappa shape index (κ2) is 6.63. The third-order valence-electron chi connectivity index (χ3n) is 2.89. The van der Waals surface area contributed by atoms with E-state index in [1.807, 2.05) is 31.3 Å². The molecule has 1 heterocycles. The van der Waals surface area contributed by atoms with Crippen LogP contribution in [0.2, 0.25) is 0 Å². The molecule has 0 amide bonds. The molecule has 0 unspecified atom stereocenters. The Bertz CT molecular complexity index is 616. The van der Waals surface area contributed by atoms with Crippen molar-refractivity contribution in [2.24, 2.45) is 0 Å². The molecule has 20 heavy (non-hydrogen) atoms. The first-order chi connectivity index (χ1) is 9.56. The van der Waals surface area contributed by atoms with E-state index in [0.717, 1.165) is 16.6 Å². The number of halogens is 1. The summed E-state index contributed by atoms with van der Waals surface area (Å²) in [6.07, 6.45) is 1.53. The normalized spacial score (nSPS) is 10.8. The predicted octanol–water partition coefficient (Wildman–Crippen LogP) is 3.17. The summed E-state index contributed by atoms with van der Waals surface area (Å²) in [5.41, 5.74) is 2.21. The molecule has 0 aliphatic carbocycles. The van der Waals surface area contributed by atoms with E-state index in [0.29, 0.717) is 6.54 Å². The number of nitrogens with zero attached hydrogens (tertiary/aromatic N) is 2. The van der Waals surface area contributed by atoms with E-state index in [4.69, 9.17) is 5.11 Å². The highest BCUT2D eigenvalue weighted by molar-refractivity contribution is 9.10. The van der Waals surface area contributed by atoms with Crippen molar-refractivity contribution in [3.63, 3.8) is 0 Å². The average molecular weight is 335 g/mol. The van der Waals surface area contributed by atoms with Crippen LogP contribution in [0.5, 0.6) is 0 Å². The van der Waals surface area contributed by atoms with E-state index in [9.17, 15) is 4.79 Å². The zero-order valence-corrected chi connectivity index (χ0v) is 12.7. The third-order valence-corrected chi connectivity index (χ3v) is 3.67. The minimum absolute atomic E-state index is 0.0804. The molecule has 4 nitrogen and oxygen atoms in total. The van der Waals surface area contributed by atoms with Crippen LogP contribution in [-0.4, -0.2) is 28.0 Å². The smallest absolute Gasteiger partial charge is 0.354 e. The van der Waals surface area contributed by atoms with Gasteiger partial charge in [0.05, 0.1) is 0 Å². The van der Waals surface area contributed by atoms with Gasteiger partial charge in [-0.1, -0.05) is 34.1 Å². The van der Waals surface area contributed by atoms with Crippen molar-refractivity contribution in [3.8, 4) is 0 Å². The first-order valence-corrected chi connectivity index (χ1v) is 6.96. The molecular formula is C15H15BrN2O2. The van der Waals surface area contributed by atoms with Gasteiger partial charge in [-0.25, -0.2) is 9.78 Å². The Kier molecular flexibility index (Phi) is 4.87. The third kappa shape index (κ3) is 3.88. The van der Waals surface area contributed by atoms with Gasteiger partial charge >= 0.3 is 5.97 Å². The van der Waals surface area contributed by atoms with E-state index < -0.39 is 5.97 Å². The monoisotopic (exact) mass is 334 g/mol. The van der Waals surface area contributed by atoms with Gasteiger partial charge in [-0.15, -0.1) is 0 Å². The topological polar surface area (TPSA) is 53.4 Å². The quantitative estimate of drug-likeness (QED) is 0.912. The second-order valence-electron chi connectivity index (χ2n) is 4.62. The Morgan fingerprint density at radius 3 is 2.75 bits per heavy atom. The molecule has 104 valence electrons. The van der Waals surface area contributed by atoms with Gasteiger partial charge in [-0.05, 0) is 36.4 Å². The average Bonchev–Trinajstić information content (AvgIpc) is 2.41. The second-order valence-corrected chi connectivity index (χ2v) is 5.47. The highest BCUT2D eigenvalue weighted by Crippen LogP contribution is 2.18. The standard InChI is InChI=1S/C15H15BrN2O2/c1-18(10-12-4-2-3-5-13(12)16)9-11-6-7-17-14(8-11)15(19)20/h2-8H,9-10H2,1H3,(H,19,20). The summed E-state index contributed by atoms with van der Waals surface area (Å²) in [4.78, 5) is 16.8. The largest absolute Gasteiger partial charge is 0.477 e. The molecule has 0 aliphatic rings. The fourth-order valence-corrected chi connectivity index (χ4v) is 2.38. The van der Waals surface area contributed by atoms with Crippen molar-refractivity contribution in [1.82, 2.24) is 9.88 Å². The molecule has 1 aromatic heterocycles. The van der Waals surface area contributed by atoms with Gasteiger partial charge in [0.1, 0.15) is 5.69 Å². The number of aromatic carboxylic acids is 1. The summed E-state index contributed by atoms with van der Waals surface area (Å²) < 4.78 is 1.08. The van der Waals surface area contributed by atoms with Gasteiger partial charge in [-0.3, -0.25) is 4.90 Å². The molecule has 0 spiro atoms. The number of hydrogen-bond acceptors (Lipinski definition) is 3. The van der Waals surface area contributed by atoms with Crippen LogP contribution in [0, 0.1) is 0 Å². The van der Waals surface area contributed by atoms with Crippen LogP contribution in [0.3, 0.4) is 0 Å². The zero-order chi connectivity index (χ0) is 14.5. The Morgan fingerprint density at radius 2 is 2.05 bits per heavy atom. The lowest BCUT2D eigenvalue weighted by Crippen LogP contribution is -2.18. The molecule has 1 N–H and O–H groups in total. The van der Waals surface area contributed by atoms with Crippen molar-refractivity contribution in [1.29, 1.82) is 0 Å². The number of benzene rings is 1. The van der Waals surface area contributed by atoms with Crippen molar-refractivity contribution in [3.05, 3.63) is 63.9 Å². The van der Waals surface area contributed by atoms with Crippen LogP contribution >= 0.6 is 15.9 Å². The van der Waals surface area contributed by atoms with Gasteiger partial charge in [0.2, 0.25) is 0 Å². The summed E-state index contributed by atoms with van der Waals surface area (Å²) in [5.74, 6) is -1.000. The maximum Gasteiger partial charge on any atom is 0.354 e. The van der Waals surface area contributed by atoms with Gasteiger partial charge < -0.3 is 5.11 Å². The first kappa shape index (κ1) is 14.7. The minimum Gasteiger partial charge on any atom is -0.477 e. The maximum absolute atomic E-state index is 10.9. The van der Waals surface area contributed by atoms with Crippen LogP contribution in [0.1, 0.15) is 21.6 Å². The summed E-state index contributed by atoms with van der Waals surface area (Å²) in [5, 5.41) is 8.93. The summed E-state index contributed by atoms with van der Waals surface area (Å²) in [6.45, 7) is 1.45. The lowest BCUT2D eigenvalue weighted by Gasteiger charge is -2.17. The Morgan fingerprint density at radius 1 is 1.30 bits per heavy atom. The fraction of sp³-hybridized carbons (Fsp3) is 0.200. The summed E-state index contributed by atoms with van der Waals surface area (Å²) in [7, 11) is 2.00. The molecule has 1 aromatic carbocycles. The molecule has 0 aliphatic heterocycles. The van der Waals surface area contributed by atoms with Crippen LogP contribution in [0.4, 0.5) is 0 Å². The van der Waals surface area contributed by atoms with Gasteiger partial charge in [0.25, 0.3) is 0 Å². The van der Waals surface area contributed by atoms with Crippen molar-refractivity contribution >= 4 is 21.9 Å². The number of hydrogen-bond donors (Lipinski definition) is 1. The number of carbonyl (C=O) groups is 1. The molecule has 0 saturated carbocycles. The Labute approximate surface area is 126 Å². The van der Waals surface area contributed by atoms with Crippen molar-refractivity contribution in [2.75, 3.05) is 7.05 Å². The van der Waals surface area contributed by atoms with Gasteiger partial charge in [-0.2, -0.15) is 0 Å². The molecule has 2 rings (SSSR count). The minimum atomic E-state index is -1.000. The fourth-order valence-electron chi connectivity index (χ4n) is 1.97. The molecular weight excluding hydrogens is 320 g/mol. The number of carboxylic acid groups (broad SMARTS) is 1. The Hall–Kier alpha value is -1.72. The molecule has 0 atom stereocenters. The van der Waals surface area contributed by atoms with Gasteiger partial charge in [0, 0.05) is 23.8 Å². The van der Waals surface area contributed by atoms with Crippen LogP contribution < -0.4 is 0 Å². The maximum atomic E-state index is 10.9. The zero-order valence-electron chi connectivity index (χ0n) is 11.1. The molecule has 0 saturated heterocycles. The summed E-state index contributed by atoms with van der Waals surface area (Å²) in [6, 6.07) is 11.5. The van der Waals surface area contributed by atoms with Gasteiger partial charge in [0.15, 0.2) is 0 Å². The lowest BCUT2D eigenvalue weighted by molar-refractivity contribution is 0.0690. The van der Waals surface area contributed by atoms with Crippen molar-refractivity contribution in [2.45, 2.75) is 13.1 Å². The predicted molar refractivity (Wildman–Crippen MR) is 80.5 cm³/mol. The first-order valence-electron chi connectivity index (χ1n) is 6.16. The number of pyridine rings is 1. The molecule has 2 aromatic rings. The number of rotatable bonds is 5.